The lowest BCUT2D eigenvalue weighted by Gasteiger charge is -2.29. The van der Waals surface area contributed by atoms with E-state index in [0.717, 1.165) is 37.6 Å². The minimum absolute atomic E-state index is 0.0710. The Bertz CT molecular complexity index is 529. The van der Waals surface area contributed by atoms with Gasteiger partial charge in [-0.1, -0.05) is 12.1 Å². The molecule has 2 N–H and O–H groups in total. The Kier molecular flexibility index (Phi) is 5.11. The maximum Gasteiger partial charge on any atom is 0.328 e. The molecule has 0 aromatic heterocycles. The first kappa shape index (κ1) is 15.3. The third-order valence-corrected chi connectivity index (χ3v) is 3.65. The molecule has 1 aromatic carbocycles. The van der Waals surface area contributed by atoms with Crippen LogP contribution >= 0.6 is 0 Å². The molecule has 0 unspecified atom stereocenters. The van der Waals surface area contributed by atoms with Crippen LogP contribution in [0.5, 0.6) is 0 Å². The highest BCUT2D eigenvalue weighted by Crippen LogP contribution is 2.11. The monoisotopic (exact) mass is 288 g/mol. The van der Waals surface area contributed by atoms with Crippen LogP contribution in [0.3, 0.4) is 0 Å². The second-order valence-corrected chi connectivity index (χ2v) is 5.34. The lowest BCUT2D eigenvalue weighted by atomic mass is 10.0. The number of hydrogen-bond donors (Lipinski definition) is 2. The molecule has 0 saturated carbocycles. The molecule has 0 aliphatic carbocycles. The Morgan fingerprint density at radius 1 is 1.24 bits per heavy atom. The number of benzene rings is 1. The van der Waals surface area contributed by atoms with Gasteiger partial charge >= 0.3 is 5.97 Å². The van der Waals surface area contributed by atoms with Gasteiger partial charge in [-0.2, -0.15) is 0 Å². The average molecular weight is 288 g/mol. The summed E-state index contributed by atoms with van der Waals surface area (Å²) in [5.74, 6) is -1.06. The maximum absolute atomic E-state index is 12.1. The molecule has 112 valence electrons. The summed E-state index contributed by atoms with van der Waals surface area (Å²) in [5.41, 5.74) is 1.36. The third-order valence-electron chi connectivity index (χ3n) is 3.65. The van der Waals surface area contributed by atoms with Crippen molar-refractivity contribution in [2.24, 2.45) is 0 Å². The second kappa shape index (κ2) is 7.04. The lowest BCUT2D eigenvalue weighted by Crippen LogP contribution is -2.43. The van der Waals surface area contributed by atoms with Crippen molar-refractivity contribution < 1.29 is 14.7 Å². The van der Waals surface area contributed by atoms with E-state index in [1.165, 1.54) is 6.08 Å². The first-order chi connectivity index (χ1) is 10.0. The molecule has 21 heavy (non-hydrogen) atoms. The van der Waals surface area contributed by atoms with Crippen LogP contribution in [-0.2, 0) is 4.79 Å². The van der Waals surface area contributed by atoms with Gasteiger partial charge < -0.3 is 15.3 Å². The van der Waals surface area contributed by atoms with Crippen molar-refractivity contribution in [2.75, 3.05) is 20.1 Å². The van der Waals surface area contributed by atoms with Gasteiger partial charge in [-0.3, -0.25) is 4.79 Å². The summed E-state index contributed by atoms with van der Waals surface area (Å²) in [6.45, 7) is 2.01. The molecule has 1 aliphatic heterocycles. The Morgan fingerprint density at radius 2 is 1.86 bits per heavy atom. The molecule has 0 atom stereocenters. The summed E-state index contributed by atoms with van der Waals surface area (Å²) in [6, 6.07) is 7.14. The SMILES string of the molecule is CN1CCC(NC(=O)c2ccc(C=CC(=O)O)cc2)CC1. The Balaban J connectivity index is 1.92. The third kappa shape index (κ3) is 4.72. The van der Waals surface area contributed by atoms with Crippen molar-refractivity contribution in [1.29, 1.82) is 0 Å². The van der Waals surface area contributed by atoms with Crippen molar-refractivity contribution in [3.8, 4) is 0 Å². The molecule has 1 saturated heterocycles. The van der Waals surface area contributed by atoms with Crippen LogP contribution < -0.4 is 5.32 Å². The number of aliphatic carboxylic acids is 1. The van der Waals surface area contributed by atoms with Gasteiger partial charge in [0.1, 0.15) is 0 Å². The quantitative estimate of drug-likeness (QED) is 0.826. The van der Waals surface area contributed by atoms with Gasteiger partial charge in [0, 0.05) is 17.7 Å². The van der Waals surface area contributed by atoms with Gasteiger partial charge in [-0.05, 0) is 56.8 Å². The van der Waals surface area contributed by atoms with Gasteiger partial charge in [0.15, 0.2) is 0 Å². The molecular weight excluding hydrogens is 268 g/mol. The number of likely N-dealkylation sites (tertiary alicyclic amines) is 1. The van der Waals surface area contributed by atoms with E-state index in [1.54, 1.807) is 24.3 Å². The highest BCUT2D eigenvalue weighted by molar-refractivity contribution is 5.94. The van der Waals surface area contributed by atoms with Gasteiger partial charge in [0.2, 0.25) is 0 Å². The van der Waals surface area contributed by atoms with Gasteiger partial charge in [-0.15, -0.1) is 0 Å². The van der Waals surface area contributed by atoms with Crippen LogP contribution in [0.25, 0.3) is 6.08 Å². The molecule has 1 amide bonds. The molecule has 0 bridgehead atoms. The summed E-state index contributed by atoms with van der Waals surface area (Å²) in [4.78, 5) is 24.8. The number of amides is 1. The minimum Gasteiger partial charge on any atom is -0.478 e. The predicted octanol–water partition coefficient (Wildman–Crippen LogP) is 1.61. The standard InChI is InChI=1S/C16H20N2O3/c1-18-10-8-14(9-11-18)17-16(21)13-5-2-12(3-6-13)4-7-15(19)20/h2-7,14H,8-11H2,1H3,(H,17,21)(H,19,20). The predicted molar refractivity (Wildman–Crippen MR) is 81.1 cm³/mol. The molecule has 0 radical (unpaired) electrons. The van der Waals surface area contributed by atoms with Crippen molar-refractivity contribution in [3.05, 3.63) is 41.5 Å². The molecule has 1 aliphatic rings. The molecule has 1 aromatic rings. The molecule has 5 heteroatoms. The van der Waals surface area contributed by atoms with E-state index in [9.17, 15) is 9.59 Å². The topological polar surface area (TPSA) is 69.6 Å². The van der Waals surface area contributed by atoms with Gasteiger partial charge in [-0.25, -0.2) is 4.79 Å². The number of rotatable bonds is 4. The van der Waals surface area contributed by atoms with E-state index in [2.05, 4.69) is 17.3 Å². The summed E-state index contributed by atoms with van der Waals surface area (Å²) in [6.07, 6.45) is 4.53. The number of hydrogen-bond acceptors (Lipinski definition) is 3. The molecular formula is C16H20N2O3. The molecule has 0 spiro atoms. The zero-order valence-corrected chi connectivity index (χ0v) is 12.1. The largest absolute Gasteiger partial charge is 0.478 e. The van der Waals surface area contributed by atoms with E-state index in [1.807, 2.05) is 0 Å². The molecule has 1 heterocycles. The van der Waals surface area contributed by atoms with E-state index in [-0.39, 0.29) is 11.9 Å². The second-order valence-electron chi connectivity index (χ2n) is 5.34. The highest BCUT2D eigenvalue weighted by Gasteiger charge is 2.18. The maximum atomic E-state index is 12.1. The van der Waals surface area contributed by atoms with Crippen molar-refractivity contribution in [2.45, 2.75) is 18.9 Å². The lowest BCUT2D eigenvalue weighted by molar-refractivity contribution is -0.131. The van der Waals surface area contributed by atoms with E-state index < -0.39 is 5.97 Å². The van der Waals surface area contributed by atoms with Gasteiger partial charge in [0.05, 0.1) is 0 Å². The van der Waals surface area contributed by atoms with Gasteiger partial charge in [0.25, 0.3) is 5.91 Å². The number of carboxylic acids is 1. The van der Waals surface area contributed by atoms with Crippen molar-refractivity contribution >= 4 is 18.0 Å². The van der Waals surface area contributed by atoms with E-state index in [4.69, 9.17) is 5.11 Å². The minimum atomic E-state index is -0.987. The molecule has 2 rings (SSSR count). The summed E-state index contributed by atoms with van der Waals surface area (Å²) >= 11 is 0. The smallest absolute Gasteiger partial charge is 0.328 e. The molecule has 5 nitrogen and oxygen atoms in total. The Labute approximate surface area is 124 Å². The van der Waals surface area contributed by atoms with Crippen LogP contribution in [0.2, 0.25) is 0 Å². The number of carbonyl (C=O) groups is 2. The van der Waals surface area contributed by atoms with Crippen LogP contribution in [0, 0.1) is 0 Å². The first-order valence-corrected chi connectivity index (χ1v) is 7.05. The van der Waals surface area contributed by atoms with E-state index >= 15 is 0 Å². The zero-order valence-electron chi connectivity index (χ0n) is 12.1. The van der Waals surface area contributed by atoms with Crippen LogP contribution in [0.1, 0.15) is 28.8 Å². The van der Waals surface area contributed by atoms with Crippen LogP contribution in [0.15, 0.2) is 30.3 Å². The number of carbonyl (C=O) groups excluding carboxylic acids is 1. The fourth-order valence-electron chi connectivity index (χ4n) is 2.33. The fourth-order valence-corrected chi connectivity index (χ4v) is 2.33. The molecule has 1 fully saturated rings. The first-order valence-electron chi connectivity index (χ1n) is 7.05. The van der Waals surface area contributed by atoms with Crippen molar-refractivity contribution in [3.63, 3.8) is 0 Å². The Hall–Kier alpha value is -2.14. The van der Waals surface area contributed by atoms with Crippen LogP contribution in [-0.4, -0.2) is 48.1 Å². The Morgan fingerprint density at radius 3 is 2.43 bits per heavy atom. The number of nitrogens with zero attached hydrogens (tertiary/aromatic N) is 1. The van der Waals surface area contributed by atoms with Crippen molar-refractivity contribution in [1.82, 2.24) is 10.2 Å². The van der Waals surface area contributed by atoms with E-state index in [0.29, 0.717) is 5.56 Å². The summed E-state index contributed by atoms with van der Waals surface area (Å²) in [5, 5.41) is 11.6. The average Bonchev–Trinajstić information content (AvgIpc) is 2.48. The van der Waals surface area contributed by atoms with Crippen LogP contribution in [0.4, 0.5) is 0 Å². The fraction of sp³-hybridized carbons (Fsp3) is 0.375. The number of piperidine rings is 1. The summed E-state index contributed by atoms with van der Waals surface area (Å²) < 4.78 is 0. The highest BCUT2D eigenvalue weighted by atomic mass is 16.4. The summed E-state index contributed by atoms with van der Waals surface area (Å²) in [7, 11) is 2.08. The zero-order chi connectivity index (χ0) is 15.2. The normalized spacial score (nSPS) is 17.0. The number of nitrogens with one attached hydrogen (secondary N) is 1. The number of carboxylic acid groups (broad SMARTS) is 1.